The molecular formula is C28H30F3N5O2. The maximum atomic E-state index is 14.1. The quantitative estimate of drug-likeness (QED) is 0.483. The number of hydrogen-bond donors (Lipinski definition) is 1. The van der Waals surface area contributed by atoms with E-state index in [9.17, 15) is 18.0 Å². The van der Waals surface area contributed by atoms with Gasteiger partial charge in [0.2, 0.25) is 0 Å². The number of methoxy groups -OCH3 is 1. The number of benzene rings is 2. The smallest absolute Gasteiger partial charge is 0.381 e. The normalized spacial score (nSPS) is 23.9. The first-order chi connectivity index (χ1) is 18.0. The molecule has 2 fully saturated rings. The van der Waals surface area contributed by atoms with Crippen molar-refractivity contribution in [3.63, 3.8) is 0 Å². The van der Waals surface area contributed by atoms with E-state index in [1.54, 1.807) is 25.6 Å². The number of carbonyl (C=O) groups excluding carboxylic acids is 1. The van der Waals surface area contributed by atoms with Gasteiger partial charge in [-0.05, 0) is 73.6 Å². The van der Waals surface area contributed by atoms with Gasteiger partial charge in [0.05, 0.1) is 23.6 Å². The Balaban J connectivity index is 1.35. The van der Waals surface area contributed by atoms with E-state index in [0.29, 0.717) is 24.1 Å². The predicted molar refractivity (Wildman–Crippen MR) is 135 cm³/mol. The molecule has 6 rings (SSSR count). The second-order valence-corrected chi connectivity index (χ2v) is 11.1. The van der Waals surface area contributed by atoms with Gasteiger partial charge in [0, 0.05) is 37.5 Å². The Morgan fingerprint density at radius 1 is 1.18 bits per heavy atom. The van der Waals surface area contributed by atoms with Crippen LogP contribution in [-0.4, -0.2) is 39.4 Å². The zero-order valence-corrected chi connectivity index (χ0v) is 21.6. The molecule has 2 saturated carbocycles. The highest BCUT2D eigenvalue weighted by Crippen LogP contribution is 2.50. The molecule has 0 unspecified atom stereocenters. The Bertz CT molecular complexity index is 1410. The number of ether oxygens (including phenoxy) is 1. The van der Waals surface area contributed by atoms with Crippen molar-refractivity contribution in [2.75, 3.05) is 12.0 Å². The van der Waals surface area contributed by atoms with Crippen LogP contribution in [-0.2, 0) is 36.5 Å². The standard InChI is InChI=1S/C28H30F3N5O2/c1-26(7-8-26)32-14-17-9-21-22(23(10-17)28(29,30)31)15-36(24(21)37)19-6-4-5-18(11-19)27(12-20(13-27)38-3)25-34-33-16-35(25)2/h4-6,9-11,16,20,32H,7-8,12-15H2,1-3H3. The van der Waals surface area contributed by atoms with Gasteiger partial charge in [0.25, 0.3) is 5.91 Å². The summed E-state index contributed by atoms with van der Waals surface area (Å²) in [7, 11) is 3.56. The number of nitrogens with one attached hydrogen (secondary N) is 1. The van der Waals surface area contributed by atoms with Crippen LogP contribution in [0.25, 0.3) is 0 Å². The number of rotatable bonds is 7. The van der Waals surface area contributed by atoms with Gasteiger partial charge in [-0.2, -0.15) is 13.2 Å². The van der Waals surface area contributed by atoms with Crippen molar-refractivity contribution < 1.29 is 22.7 Å². The fourth-order valence-corrected chi connectivity index (χ4v) is 5.83. The summed E-state index contributed by atoms with van der Waals surface area (Å²) in [5.41, 5.74) is 0.884. The van der Waals surface area contributed by atoms with Crippen molar-refractivity contribution in [2.45, 2.75) is 68.9 Å². The van der Waals surface area contributed by atoms with Crippen molar-refractivity contribution in [3.05, 3.63) is 76.4 Å². The van der Waals surface area contributed by atoms with Gasteiger partial charge in [-0.1, -0.05) is 12.1 Å². The van der Waals surface area contributed by atoms with Crippen LogP contribution in [0.4, 0.5) is 18.9 Å². The Labute approximate surface area is 219 Å². The number of anilines is 1. The first-order valence-electron chi connectivity index (χ1n) is 12.8. The molecule has 2 aliphatic carbocycles. The van der Waals surface area contributed by atoms with Crippen LogP contribution in [0.2, 0.25) is 0 Å². The molecule has 38 heavy (non-hydrogen) atoms. The molecule has 0 spiro atoms. The molecule has 2 heterocycles. The van der Waals surface area contributed by atoms with Gasteiger partial charge >= 0.3 is 6.18 Å². The van der Waals surface area contributed by atoms with Crippen LogP contribution in [0.1, 0.15) is 71.0 Å². The number of nitrogens with zero attached hydrogens (tertiary/aromatic N) is 4. The highest BCUT2D eigenvalue weighted by atomic mass is 19.4. The van der Waals surface area contributed by atoms with Gasteiger partial charge < -0.3 is 19.5 Å². The third kappa shape index (κ3) is 4.10. The summed E-state index contributed by atoms with van der Waals surface area (Å²) in [6, 6.07) is 10.3. The summed E-state index contributed by atoms with van der Waals surface area (Å²) >= 11 is 0. The van der Waals surface area contributed by atoms with E-state index in [1.165, 1.54) is 11.0 Å². The van der Waals surface area contributed by atoms with Crippen LogP contribution >= 0.6 is 0 Å². The molecule has 10 heteroatoms. The molecule has 3 aliphatic rings. The SMILES string of the molecule is COC1CC(c2cccc(N3Cc4c(cc(CNC5(C)CC5)cc4C(F)(F)F)C3=O)c2)(c2nncn2C)C1. The van der Waals surface area contributed by atoms with Gasteiger partial charge in [0.15, 0.2) is 0 Å². The summed E-state index contributed by atoms with van der Waals surface area (Å²) in [6.45, 7) is 2.21. The Hall–Kier alpha value is -3.24. The van der Waals surface area contributed by atoms with Gasteiger partial charge in [-0.15, -0.1) is 10.2 Å². The zero-order valence-electron chi connectivity index (χ0n) is 21.6. The Morgan fingerprint density at radius 2 is 1.95 bits per heavy atom. The largest absolute Gasteiger partial charge is 0.416 e. The van der Waals surface area contributed by atoms with E-state index < -0.39 is 23.1 Å². The van der Waals surface area contributed by atoms with E-state index in [4.69, 9.17) is 4.74 Å². The maximum Gasteiger partial charge on any atom is 0.416 e. The summed E-state index contributed by atoms with van der Waals surface area (Å²) in [6.07, 6.45) is 0.533. The minimum Gasteiger partial charge on any atom is -0.381 e. The van der Waals surface area contributed by atoms with Crippen LogP contribution in [0, 0.1) is 0 Å². The van der Waals surface area contributed by atoms with Crippen molar-refractivity contribution in [1.29, 1.82) is 0 Å². The number of hydrogen-bond acceptors (Lipinski definition) is 5. The molecule has 200 valence electrons. The van der Waals surface area contributed by atoms with Gasteiger partial charge in [-0.25, -0.2) is 0 Å². The van der Waals surface area contributed by atoms with Crippen molar-refractivity contribution >= 4 is 11.6 Å². The van der Waals surface area contributed by atoms with Crippen molar-refractivity contribution in [2.24, 2.45) is 7.05 Å². The first-order valence-corrected chi connectivity index (χ1v) is 12.8. The zero-order chi connectivity index (χ0) is 26.9. The van der Waals surface area contributed by atoms with Gasteiger partial charge in [0.1, 0.15) is 12.2 Å². The molecule has 0 atom stereocenters. The molecule has 0 radical (unpaired) electrons. The highest BCUT2D eigenvalue weighted by molar-refractivity contribution is 6.10. The third-order valence-electron chi connectivity index (χ3n) is 8.46. The number of fused-ring (bicyclic) bond motifs is 1. The third-order valence-corrected chi connectivity index (χ3v) is 8.46. The number of alkyl halides is 3. The summed E-state index contributed by atoms with van der Waals surface area (Å²) in [4.78, 5) is 15.0. The number of aryl methyl sites for hydroxylation is 1. The van der Waals surface area contributed by atoms with E-state index in [2.05, 4.69) is 22.4 Å². The lowest BCUT2D eigenvalue weighted by atomic mass is 9.62. The van der Waals surface area contributed by atoms with Crippen molar-refractivity contribution in [3.8, 4) is 0 Å². The maximum absolute atomic E-state index is 14.1. The first kappa shape index (κ1) is 25.1. The molecular weight excluding hydrogens is 495 g/mol. The number of amides is 1. The average Bonchev–Trinajstić information content (AvgIpc) is 3.29. The summed E-state index contributed by atoms with van der Waals surface area (Å²) in [5, 5.41) is 11.7. The second kappa shape index (κ2) is 8.64. The minimum atomic E-state index is -4.56. The highest BCUT2D eigenvalue weighted by Gasteiger charge is 2.50. The molecule has 0 bridgehead atoms. The number of aromatic nitrogens is 3. The molecule has 1 aliphatic heterocycles. The minimum absolute atomic E-state index is 0.0281. The molecule has 3 aromatic rings. The molecule has 7 nitrogen and oxygen atoms in total. The molecule has 1 N–H and O–H groups in total. The van der Waals surface area contributed by atoms with Crippen molar-refractivity contribution in [1.82, 2.24) is 20.1 Å². The lowest BCUT2D eigenvalue weighted by Gasteiger charge is -2.46. The fourth-order valence-electron chi connectivity index (χ4n) is 5.83. The van der Waals surface area contributed by atoms with Crippen LogP contribution in [0.5, 0.6) is 0 Å². The predicted octanol–water partition coefficient (Wildman–Crippen LogP) is 4.73. The fraction of sp³-hybridized carbons (Fsp3) is 0.464. The number of halogens is 3. The van der Waals surface area contributed by atoms with E-state index >= 15 is 0 Å². The molecule has 0 saturated heterocycles. The van der Waals surface area contributed by atoms with Crippen LogP contribution in [0.15, 0.2) is 42.7 Å². The topological polar surface area (TPSA) is 72.3 Å². The lowest BCUT2D eigenvalue weighted by molar-refractivity contribution is -0.138. The second-order valence-electron chi connectivity index (χ2n) is 11.1. The Morgan fingerprint density at radius 3 is 2.58 bits per heavy atom. The monoisotopic (exact) mass is 525 g/mol. The molecule has 1 amide bonds. The molecule has 2 aromatic carbocycles. The lowest BCUT2D eigenvalue weighted by Crippen LogP contribution is -2.48. The van der Waals surface area contributed by atoms with Gasteiger partial charge in [-0.3, -0.25) is 4.79 Å². The number of carbonyl (C=O) groups is 1. The van der Waals surface area contributed by atoms with Crippen LogP contribution < -0.4 is 10.2 Å². The average molecular weight is 526 g/mol. The van der Waals surface area contributed by atoms with E-state index in [1.807, 2.05) is 29.8 Å². The summed E-state index contributed by atoms with van der Waals surface area (Å²) in [5.74, 6) is 0.373. The summed E-state index contributed by atoms with van der Waals surface area (Å²) < 4.78 is 49.8. The van der Waals surface area contributed by atoms with E-state index in [0.717, 1.165) is 24.2 Å². The Kier molecular flexibility index (Phi) is 5.70. The van der Waals surface area contributed by atoms with Crippen LogP contribution in [0.3, 0.4) is 0 Å². The van der Waals surface area contributed by atoms with E-state index in [-0.39, 0.29) is 35.9 Å². The molecule has 1 aromatic heterocycles.